The van der Waals surface area contributed by atoms with Crippen molar-refractivity contribution in [3.8, 4) is 0 Å². The van der Waals surface area contributed by atoms with Crippen LogP contribution in [0, 0.1) is 6.42 Å². The number of hydrogen-bond donors (Lipinski definition) is 3. The molecule has 0 aliphatic heterocycles. The Labute approximate surface area is 147 Å². The van der Waals surface area contributed by atoms with Crippen molar-refractivity contribution in [2.75, 3.05) is 23.9 Å². The van der Waals surface area contributed by atoms with Gasteiger partial charge in [-0.2, -0.15) is 0 Å². The van der Waals surface area contributed by atoms with Gasteiger partial charge in [0, 0.05) is 25.0 Å². The topological polar surface area (TPSA) is 95.7 Å². The minimum absolute atomic E-state index is 0.127. The van der Waals surface area contributed by atoms with E-state index in [4.69, 9.17) is 10.8 Å². The Kier molecular flexibility index (Phi) is 6.54. The van der Waals surface area contributed by atoms with Gasteiger partial charge in [-0.05, 0) is 48.2 Å². The van der Waals surface area contributed by atoms with Crippen LogP contribution >= 0.6 is 0 Å². The van der Waals surface area contributed by atoms with Crippen LogP contribution in [0.1, 0.15) is 11.1 Å². The molecule has 0 bridgehead atoms. The second-order valence-corrected chi connectivity index (χ2v) is 5.63. The molecule has 0 aliphatic rings. The Morgan fingerprint density at radius 1 is 1.08 bits per heavy atom. The molecule has 0 heterocycles. The van der Waals surface area contributed by atoms with E-state index in [0.717, 1.165) is 11.1 Å². The summed E-state index contributed by atoms with van der Waals surface area (Å²) >= 11 is 0. The third kappa shape index (κ3) is 5.61. The van der Waals surface area contributed by atoms with Crippen LogP contribution in [0.4, 0.5) is 16.2 Å². The van der Waals surface area contributed by atoms with Crippen molar-refractivity contribution in [2.45, 2.75) is 12.8 Å². The molecule has 131 valence electrons. The maximum absolute atomic E-state index is 12.0. The molecule has 4 N–H and O–H groups in total. The number of primary amides is 1. The standard InChI is InChI=1S/C19H22N3O3/c1-22(19(20)25)17-9-7-16(8-10-17)21-18(24)11-6-14-2-4-15(5-3-14)12-13-23/h2-5,7-11,23H,6,12-13H2,1H3,(H2,20,25)(H,21,24). The highest BCUT2D eigenvalue weighted by atomic mass is 16.3. The van der Waals surface area contributed by atoms with Crippen LogP contribution in [0.5, 0.6) is 0 Å². The predicted molar refractivity (Wildman–Crippen MR) is 98.3 cm³/mol. The molecule has 2 aromatic carbocycles. The van der Waals surface area contributed by atoms with E-state index >= 15 is 0 Å². The summed E-state index contributed by atoms with van der Waals surface area (Å²) in [6.45, 7) is 0.127. The van der Waals surface area contributed by atoms with Gasteiger partial charge in [-0.1, -0.05) is 24.3 Å². The third-order valence-electron chi connectivity index (χ3n) is 3.80. The van der Waals surface area contributed by atoms with Gasteiger partial charge in [0.15, 0.2) is 0 Å². The maximum Gasteiger partial charge on any atom is 0.318 e. The zero-order chi connectivity index (χ0) is 18.2. The van der Waals surface area contributed by atoms with Gasteiger partial charge in [0.1, 0.15) is 0 Å². The lowest BCUT2D eigenvalue weighted by Crippen LogP contribution is -2.31. The highest BCUT2D eigenvalue weighted by molar-refractivity contribution is 5.97. The lowest BCUT2D eigenvalue weighted by atomic mass is 10.1. The van der Waals surface area contributed by atoms with Gasteiger partial charge in [0.05, 0.1) is 6.42 Å². The zero-order valence-corrected chi connectivity index (χ0v) is 14.1. The van der Waals surface area contributed by atoms with Crippen molar-refractivity contribution in [2.24, 2.45) is 5.73 Å². The first kappa shape index (κ1) is 18.5. The molecule has 3 amide bonds. The molecule has 0 fully saturated rings. The van der Waals surface area contributed by atoms with E-state index in [0.29, 0.717) is 24.2 Å². The van der Waals surface area contributed by atoms with Crippen LogP contribution in [0.3, 0.4) is 0 Å². The van der Waals surface area contributed by atoms with Gasteiger partial charge < -0.3 is 16.2 Å². The molecule has 0 unspecified atom stereocenters. The predicted octanol–water partition coefficient (Wildman–Crippen LogP) is 2.12. The first-order valence-corrected chi connectivity index (χ1v) is 7.95. The minimum atomic E-state index is -0.546. The van der Waals surface area contributed by atoms with Gasteiger partial charge in [0.25, 0.3) is 0 Å². The molecular formula is C19H22N3O3. The molecule has 0 saturated heterocycles. The average molecular weight is 340 g/mol. The number of anilines is 2. The Bertz CT molecular complexity index is 712. The second kappa shape index (κ2) is 8.84. The van der Waals surface area contributed by atoms with Gasteiger partial charge in [0.2, 0.25) is 5.91 Å². The van der Waals surface area contributed by atoms with Crippen LogP contribution in [0.25, 0.3) is 0 Å². The summed E-state index contributed by atoms with van der Waals surface area (Å²) < 4.78 is 0. The minimum Gasteiger partial charge on any atom is -0.396 e. The molecule has 2 aromatic rings. The summed E-state index contributed by atoms with van der Waals surface area (Å²) in [6.07, 6.45) is 2.73. The third-order valence-corrected chi connectivity index (χ3v) is 3.80. The SMILES string of the molecule is CN(C(N)=O)c1ccc(NC(=O)[CH]Cc2ccc(CCO)cc2)cc1. The lowest BCUT2D eigenvalue weighted by Gasteiger charge is -2.14. The molecule has 25 heavy (non-hydrogen) atoms. The highest BCUT2D eigenvalue weighted by Gasteiger charge is 2.07. The number of aliphatic hydroxyl groups is 1. The van der Waals surface area contributed by atoms with E-state index in [1.54, 1.807) is 37.7 Å². The molecular weight excluding hydrogens is 318 g/mol. The summed E-state index contributed by atoms with van der Waals surface area (Å²) in [4.78, 5) is 24.4. The van der Waals surface area contributed by atoms with E-state index < -0.39 is 6.03 Å². The fraction of sp³-hybridized carbons (Fsp3) is 0.211. The Hall–Kier alpha value is -2.86. The van der Waals surface area contributed by atoms with E-state index in [2.05, 4.69) is 5.32 Å². The molecule has 0 atom stereocenters. The maximum atomic E-state index is 12.0. The van der Waals surface area contributed by atoms with E-state index in [9.17, 15) is 9.59 Å². The largest absolute Gasteiger partial charge is 0.396 e. The monoisotopic (exact) mass is 340 g/mol. The van der Waals surface area contributed by atoms with Gasteiger partial charge >= 0.3 is 6.03 Å². The molecule has 6 nitrogen and oxygen atoms in total. The van der Waals surface area contributed by atoms with E-state index in [1.807, 2.05) is 24.3 Å². The second-order valence-electron chi connectivity index (χ2n) is 5.63. The number of rotatable bonds is 7. The first-order valence-electron chi connectivity index (χ1n) is 7.95. The molecule has 6 heteroatoms. The Balaban J connectivity index is 1.84. The van der Waals surface area contributed by atoms with E-state index in [-0.39, 0.29) is 12.5 Å². The van der Waals surface area contributed by atoms with Gasteiger partial charge in [-0.15, -0.1) is 0 Å². The van der Waals surface area contributed by atoms with Crippen LogP contribution in [0.2, 0.25) is 0 Å². The molecule has 0 aromatic heterocycles. The number of urea groups is 1. The van der Waals surface area contributed by atoms with Gasteiger partial charge in [-0.25, -0.2) is 4.79 Å². The van der Waals surface area contributed by atoms with Crippen LogP contribution in [-0.2, 0) is 17.6 Å². The number of nitrogens with zero attached hydrogens (tertiary/aromatic N) is 1. The molecule has 0 aliphatic carbocycles. The highest BCUT2D eigenvalue weighted by Crippen LogP contribution is 2.17. The molecule has 2 rings (SSSR count). The summed E-state index contributed by atoms with van der Waals surface area (Å²) in [5, 5.41) is 11.7. The number of nitrogens with two attached hydrogens (primary N) is 1. The molecule has 0 spiro atoms. The quantitative estimate of drug-likeness (QED) is 0.720. The fourth-order valence-corrected chi connectivity index (χ4v) is 2.27. The van der Waals surface area contributed by atoms with Crippen molar-refractivity contribution < 1.29 is 14.7 Å². The average Bonchev–Trinajstić information content (AvgIpc) is 2.61. The normalized spacial score (nSPS) is 10.3. The van der Waals surface area contributed by atoms with Crippen LogP contribution in [-0.4, -0.2) is 30.7 Å². The Morgan fingerprint density at radius 2 is 1.68 bits per heavy atom. The van der Waals surface area contributed by atoms with Crippen LogP contribution < -0.4 is 16.0 Å². The number of nitrogens with one attached hydrogen (secondary N) is 1. The molecule has 0 saturated carbocycles. The number of hydrogen-bond acceptors (Lipinski definition) is 3. The molecule has 1 radical (unpaired) electrons. The van der Waals surface area contributed by atoms with Crippen LogP contribution in [0.15, 0.2) is 48.5 Å². The Morgan fingerprint density at radius 3 is 2.24 bits per heavy atom. The van der Waals surface area contributed by atoms with E-state index in [1.165, 1.54) is 4.90 Å². The first-order chi connectivity index (χ1) is 12.0. The van der Waals surface area contributed by atoms with Crippen molar-refractivity contribution in [1.29, 1.82) is 0 Å². The number of carbonyl (C=O) groups excluding carboxylic acids is 2. The number of aliphatic hydroxyl groups excluding tert-OH is 1. The lowest BCUT2D eigenvalue weighted by molar-refractivity contribution is -0.113. The number of carbonyl (C=O) groups is 2. The van der Waals surface area contributed by atoms with Crippen molar-refractivity contribution in [1.82, 2.24) is 0 Å². The summed E-state index contributed by atoms with van der Waals surface area (Å²) in [5.74, 6) is -0.199. The van der Waals surface area contributed by atoms with Gasteiger partial charge in [-0.3, -0.25) is 9.69 Å². The fourth-order valence-electron chi connectivity index (χ4n) is 2.27. The summed E-state index contributed by atoms with van der Waals surface area (Å²) in [7, 11) is 1.58. The number of benzene rings is 2. The van der Waals surface area contributed by atoms with Crippen molar-refractivity contribution in [3.05, 3.63) is 66.1 Å². The smallest absolute Gasteiger partial charge is 0.318 e. The summed E-state index contributed by atoms with van der Waals surface area (Å²) in [5.41, 5.74) is 8.59. The van der Waals surface area contributed by atoms with Crippen molar-refractivity contribution >= 4 is 23.3 Å². The zero-order valence-electron chi connectivity index (χ0n) is 14.1. The number of amides is 3. The van der Waals surface area contributed by atoms with Crippen molar-refractivity contribution in [3.63, 3.8) is 0 Å². The summed E-state index contributed by atoms with van der Waals surface area (Å²) in [6, 6.07) is 14.1.